The van der Waals surface area contributed by atoms with Gasteiger partial charge in [0, 0.05) is 12.5 Å². The largest absolute Gasteiger partial charge is 0.270 e. The summed E-state index contributed by atoms with van der Waals surface area (Å²) in [6.45, 7) is 24.0. The molecule has 0 aromatic heterocycles. The van der Waals surface area contributed by atoms with Gasteiger partial charge < -0.3 is 0 Å². The standard InChI is InChI=1S/C12H16F2.C9H20.3C2H6/c1-9(2)8-10-4-6-11(7-5-10)12(3,13)14;1-4-7-9(6-3)8-5-2;3*1-2/h4-7,9H,8H2,1-3H3;9H,4-8H2,1-3H3;3*1-2H3. The van der Waals surface area contributed by atoms with Crippen LogP contribution in [0.1, 0.15) is 126 Å². The second-order valence-corrected chi connectivity index (χ2v) is 7.03. The zero-order valence-electron chi connectivity index (χ0n) is 22.0. The quantitative estimate of drug-likeness (QED) is 0.395. The highest BCUT2D eigenvalue weighted by atomic mass is 19.3. The Morgan fingerprint density at radius 3 is 1.38 bits per heavy atom. The van der Waals surface area contributed by atoms with Gasteiger partial charge in [-0.1, -0.05) is 133 Å². The van der Waals surface area contributed by atoms with Gasteiger partial charge in [0.15, 0.2) is 0 Å². The van der Waals surface area contributed by atoms with Crippen LogP contribution in [0.15, 0.2) is 24.3 Å². The van der Waals surface area contributed by atoms with Crippen molar-refractivity contribution in [1.82, 2.24) is 0 Å². The van der Waals surface area contributed by atoms with Gasteiger partial charge in [-0.2, -0.15) is 0 Å². The minimum atomic E-state index is -2.73. The number of halogens is 2. The van der Waals surface area contributed by atoms with Gasteiger partial charge in [0.05, 0.1) is 0 Å². The first-order valence-corrected chi connectivity index (χ1v) is 12.2. The third kappa shape index (κ3) is 23.2. The van der Waals surface area contributed by atoms with Crippen molar-refractivity contribution in [2.45, 2.75) is 128 Å². The third-order valence-electron chi connectivity index (χ3n) is 4.08. The van der Waals surface area contributed by atoms with E-state index in [2.05, 4.69) is 34.6 Å². The summed E-state index contributed by atoms with van der Waals surface area (Å²) < 4.78 is 25.7. The van der Waals surface area contributed by atoms with E-state index in [9.17, 15) is 8.78 Å². The van der Waals surface area contributed by atoms with Gasteiger partial charge in [0.1, 0.15) is 0 Å². The van der Waals surface area contributed by atoms with Crippen LogP contribution < -0.4 is 0 Å². The fourth-order valence-electron chi connectivity index (χ4n) is 2.77. The molecular formula is C27H54F2. The summed E-state index contributed by atoms with van der Waals surface area (Å²) in [5.41, 5.74) is 1.21. The molecule has 0 aliphatic rings. The lowest BCUT2D eigenvalue weighted by atomic mass is 9.96. The fourth-order valence-corrected chi connectivity index (χ4v) is 2.77. The van der Waals surface area contributed by atoms with Crippen LogP contribution in [-0.4, -0.2) is 0 Å². The summed E-state index contributed by atoms with van der Waals surface area (Å²) in [4.78, 5) is 0. The summed E-state index contributed by atoms with van der Waals surface area (Å²) >= 11 is 0. The van der Waals surface area contributed by atoms with Crippen molar-refractivity contribution in [3.05, 3.63) is 35.4 Å². The topological polar surface area (TPSA) is 0 Å². The molecule has 0 heterocycles. The van der Waals surface area contributed by atoms with Crippen LogP contribution in [0.2, 0.25) is 0 Å². The first kappa shape index (κ1) is 35.5. The molecule has 0 fully saturated rings. The predicted molar refractivity (Wildman–Crippen MR) is 132 cm³/mol. The maximum atomic E-state index is 12.8. The lowest BCUT2D eigenvalue weighted by Crippen LogP contribution is -2.06. The fraction of sp³-hybridized carbons (Fsp3) is 0.778. The Morgan fingerprint density at radius 1 is 0.759 bits per heavy atom. The third-order valence-corrected chi connectivity index (χ3v) is 4.08. The van der Waals surface area contributed by atoms with Crippen LogP contribution in [0.3, 0.4) is 0 Å². The Hall–Kier alpha value is -0.920. The Kier molecular flexibility index (Phi) is 30.8. The van der Waals surface area contributed by atoms with Gasteiger partial charge in [-0.3, -0.25) is 0 Å². The molecule has 0 atom stereocenters. The molecule has 0 saturated carbocycles. The highest BCUT2D eigenvalue weighted by Crippen LogP contribution is 2.27. The number of hydrogen-bond acceptors (Lipinski definition) is 0. The van der Waals surface area contributed by atoms with Crippen LogP contribution >= 0.6 is 0 Å². The minimum Gasteiger partial charge on any atom is -0.202 e. The van der Waals surface area contributed by atoms with E-state index in [0.717, 1.165) is 24.8 Å². The Balaban J connectivity index is -0.000000181. The van der Waals surface area contributed by atoms with Crippen molar-refractivity contribution in [3.8, 4) is 0 Å². The first-order valence-electron chi connectivity index (χ1n) is 12.2. The summed E-state index contributed by atoms with van der Waals surface area (Å²) in [5, 5.41) is 0. The predicted octanol–water partition coefficient (Wildman–Crippen LogP) is 10.7. The molecule has 1 rings (SSSR count). The molecule has 0 aliphatic heterocycles. The molecule has 0 saturated heterocycles. The molecular weight excluding hydrogens is 362 g/mol. The molecule has 0 bridgehead atoms. The van der Waals surface area contributed by atoms with E-state index in [-0.39, 0.29) is 5.56 Å². The minimum absolute atomic E-state index is 0.0880. The first-order chi connectivity index (χ1) is 13.7. The van der Waals surface area contributed by atoms with Gasteiger partial charge in [0.25, 0.3) is 5.92 Å². The van der Waals surface area contributed by atoms with E-state index in [1.54, 1.807) is 12.1 Å². The molecule has 0 N–H and O–H groups in total. The van der Waals surface area contributed by atoms with E-state index in [4.69, 9.17) is 0 Å². The second kappa shape index (κ2) is 25.1. The Labute approximate surface area is 183 Å². The van der Waals surface area contributed by atoms with Crippen LogP contribution in [0, 0.1) is 11.8 Å². The Bertz CT molecular complexity index is 382. The lowest BCUT2D eigenvalue weighted by Gasteiger charge is -2.11. The number of benzene rings is 1. The molecule has 0 unspecified atom stereocenters. The SMILES string of the molecule is CC.CC.CC.CC(C)Cc1ccc(C(C)(F)F)cc1.CCCC(CC)CCC. The monoisotopic (exact) mass is 416 g/mol. The molecule has 29 heavy (non-hydrogen) atoms. The van der Waals surface area contributed by atoms with E-state index >= 15 is 0 Å². The average molecular weight is 417 g/mol. The maximum Gasteiger partial charge on any atom is 0.270 e. The summed E-state index contributed by atoms with van der Waals surface area (Å²) in [6, 6.07) is 6.59. The average Bonchev–Trinajstić information content (AvgIpc) is 2.72. The zero-order valence-corrected chi connectivity index (χ0v) is 22.0. The smallest absolute Gasteiger partial charge is 0.202 e. The van der Waals surface area contributed by atoms with Crippen LogP contribution in [0.25, 0.3) is 0 Å². The molecule has 176 valence electrons. The summed E-state index contributed by atoms with van der Waals surface area (Å²) in [6.07, 6.45) is 7.91. The molecule has 1 aromatic carbocycles. The molecule has 2 heteroatoms. The highest BCUT2D eigenvalue weighted by Gasteiger charge is 2.23. The summed E-state index contributed by atoms with van der Waals surface area (Å²) in [7, 11) is 0. The van der Waals surface area contributed by atoms with Gasteiger partial charge in [-0.15, -0.1) is 0 Å². The lowest BCUT2D eigenvalue weighted by molar-refractivity contribution is 0.0174. The second-order valence-electron chi connectivity index (χ2n) is 7.03. The van der Waals surface area contributed by atoms with Crippen molar-refractivity contribution in [2.24, 2.45) is 11.8 Å². The number of alkyl halides is 2. The molecule has 0 aliphatic carbocycles. The molecule has 1 aromatic rings. The van der Waals surface area contributed by atoms with E-state index in [1.807, 2.05) is 41.5 Å². The van der Waals surface area contributed by atoms with Crippen LogP contribution in [0.5, 0.6) is 0 Å². The Morgan fingerprint density at radius 2 is 1.14 bits per heavy atom. The van der Waals surface area contributed by atoms with Crippen LogP contribution in [-0.2, 0) is 12.3 Å². The van der Waals surface area contributed by atoms with Crippen molar-refractivity contribution in [2.75, 3.05) is 0 Å². The van der Waals surface area contributed by atoms with E-state index in [0.29, 0.717) is 5.92 Å². The van der Waals surface area contributed by atoms with Gasteiger partial charge in [0.2, 0.25) is 0 Å². The molecule has 0 amide bonds. The van der Waals surface area contributed by atoms with Crippen molar-refractivity contribution < 1.29 is 8.78 Å². The molecule has 0 radical (unpaired) electrons. The van der Waals surface area contributed by atoms with Crippen molar-refractivity contribution in [3.63, 3.8) is 0 Å². The van der Waals surface area contributed by atoms with Crippen LogP contribution in [0.4, 0.5) is 8.78 Å². The van der Waals surface area contributed by atoms with Gasteiger partial charge >= 0.3 is 0 Å². The molecule has 0 nitrogen and oxygen atoms in total. The van der Waals surface area contributed by atoms with Crippen molar-refractivity contribution >= 4 is 0 Å². The number of rotatable bonds is 8. The van der Waals surface area contributed by atoms with E-state index < -0.39 is 5.92 Å². The maximum absolute atomic E-state index is 12.8. The summed E-state index contributed by atoms with van der Waals surface area (Å²) in [5.74, 6) is -1.15. The zero-order chi connectivity index (χ0) is 23.9. The van der Waals surface area contributed by atoms with E-state index in [1.165, 1.54) is 44.2 Å². The van der Waals surface area contributed by atoms with Crippen molar-refractivity contribution in [1.29, 1.82) is 0 Å². The number of hydrogen-bond donors (Lipinski definition) is 0. The van der Waals surface area contributed by atoms with Gasteiger partial charge in [-0.05, 0) is 23.8 Å². The molecule has 0 spiro atoms. The highest BCUT2D eigenvalue weighted by molar-refractivity contribution is 5.25. The van der Waals surface area contributed by atoms with Gasteiger partial charge in [-0.25, -0.2) is 8.78 Å². The normalized spacial score (nSPS) is 9.79.